The van der Waals surface area contributed by atoms with Crippen molar-refractivity contribution in [1.29, 1.82) is 0 Å². The molecule has 0 atom stereocenters. The minimum atomic E-state index is -0.439. The molecule has 0 aromatic heterocycles. The molecule has 2 aliphatic rings. The highest BCUT2D eigenvalue weighted by molar-refractivity contribution is 6.30. The maximum atomic E-state index is 13.7. The van der Waals surface area contributed by atoms with Gasteiger partial charge in [0.2, 0.25) is 5.78 Å². The molecule has 4 rings (SSSR count). The Kier molecular flexibility index (Phi) is 14.5. The van der Waals surface area contributed by atoms with Gasteiger partial charge in [0.15, 0.2) is 11.5 Å². The summed E-state index contributed by atoms with van der Waals surface area (Å²) in [4.78, 5) is 51.6. The summed E-state index contributed by atoms with van der Waals surface area (Å²) in [6.45, 7) is 2.29. The molecule has 2 aromatic rings. The maximum absolute atomic E-state index is 13.7. The molecule has 0 bridgehead atoms. The number of hydrogen-bond acceptors (Lipinski definition) is 6. The molecule has 0 saturated heterocycles. The molecule has 0 N–H and O–H groups in total. The lowest BCUT2D eigenvalue weighted by molar-refractivity contribution is -0.143. The molecule has 7 heteroatoms. The second-order valence-corrected chi connectivity index (χ2v) is 13.2. The van der Waals surface area contributed by atoms with Crippen LogP contribution >= 0.6 is 11.6 Å². The molecule has 2 aromatic carbocycles. The van der Waals surface area contributed by atoms with Gasteiger partial charge in [0, 0.05) is 29.0 Å². The zero-order valence-corrected chi connectivity index (χ0v) is 28.1. The second kappa shape index (κ2) is 18.8. The van der Waals surface area contributed by atoms with Crippen molar-refractivity contribution in [3.05, 3.63) is 81.6 Å². The van der Waals surface area contributed by atoms with Crippen molar-refractivity contribution in [3.63, 3.8) is 0 Å². The summed E-state index contributed by atoms with van der Waals surface area (Å²) in [5.41, 5.74) is 2.33. The Balaban J connectivity index is 1.20. The molecule has 0 heterocycles. The number of Topliss-reactive ketones (excluding diaryl/α,β-unsaturated/α-hetero) is 2. The third kappa shape index (κ3) is 10.4. The van der Waals surface area contributed by atoms with Crippen LogP contribution in [0.1, 0.15) is 148 Å². The molecule has 0 unspecified atom stereocenters. The van der Waals surface area contributed by atoms with E-state index in [4.69, 9.17) is 21.1 Å². The quantitative estimate of drug-likeness (QED) is 0.118. The minimum Gasteiger partial charge on any atom is -0.466 e. The minimum absolute atomic E-state index is 0.0514. The van der Waals surface area contributed by atoms with Gasteiger partial charge in [0.05, 0.1) is 12.2 Å². The average molecular weight is 649 g/mol. The van der Waals surface area contributed by atoms with Crippen LogP contribution in [-0.2, 0) is 19.1 Å². The first-order valence-corrected chi connectivity index (χ1v) is 17.8. The Morgan fingerprint density at radius 3 is 1.67 bits per heavy atom. The first-order valence-electron chi connectivity index (χ1n) is 17.4. The van der Waals surface area contributed by atoms with Crippen LogP contribution < -0.4 is 0 Å². The van der Waals surface area contributed by atoms with Crippen LogP contribution in [0.5, 0.6) is 0 Å². The van der Waals surface area contributed by atoms with Crippen LogP contribution in [0.15, 0.2) is 59.9 Å². The van der Waals surface area contributed by atoms with Crippen molar-refractivity contribution in [1.82, 2.24) is 0 Å². The van der Waals surface area contributed by atoms with Crippen LogP contribution in [0.4, 0.5) is 0 Å². The number of hydrogen-bond donors (Lipinski definition) is 0. The lowest BCUT2D eigenvalue weighted by Crippen LogP contribution is -2.30. The van der Waals surface area contributed by atoms with Gasteiger partial charge >= 0.3 is 11.9 Å². The summed E-state index contributed by atoms with van der Waals surface area (Å²) in [6, 6.07) is 14.8. The molecule has 0 aliphatic heterocycles. The van der Waals surface area contributed by atoms with E-state index in [0.717, 1.165) is 64.2 Å². The van der Waals surface area contributed by atoms with Gasteiger partial charge in [-0.25, -0.2) is 0 Å². The second-order valence-electron chi connectivity index (χ2n) is 12.7. The number of fused-ring (bicyclic) bond motifs is 1. The van der Waals surface area contributed by atoms with E-state index in [-0.39, 0.29) is 35.6 Å². The van der Waals surface area contributed by atoms with Gasteiger partial charge in [0.1, 0.15) is 0 Å². The van der Waals surface area contributed by atoms with Crippen LogP contribution in [0.25, 0.3) is 0 Å². The van der Waals surface area contributed by atoms with Crippen LogP contribution in [0.2, 0.25) is 5.02 Å². The third-order valence-electron chi connectivity index (χ3n) is 9.37. The molecular weight excluding hydrogens is 600 g/mol. The fourth-order valence-electron chi connectivity index (χ4n) is 6.82. The SMILES string of the molecule is CCOC(=O)CCCCCCCCCCCCCC(=O)OC1=C([C@H]2CC[C@H](c3ccc(Cl)cc3)CC2)C(=O)c2ccccc2C1=O. The summed E-state index contributed by atoms with van der Waals surface area (Å²) < 4.78 is 10.7. The number of carbonyl (C=O) groups excluding carboxylic acids is 4. The Labute approximate surface area is 279 Å². The van der Waals surface area contributed by atoms with Crippen LogP contribution in [0.3, 0.4) is 0 Å². The Bertz CT molecular complexity index is 1350. The fraction of sp³-hybridized carbons (Fsp3) is 0.538. The van der Waals surface area contributed by atoms with Gasteiger partial charge in [-0.1, -0.05) is 106 Å². The molecule has 2 aliphatic carbocycles. The first kappa shape index (κ1) is 35.6. The monoisotopic (exact) mass is 648 g/mol. The Morgan fingerprint density at radius 1 is 0.652 bits per heavy atom. The number of carbonyl (C=O) groups is 4. The first-order chi connectivity index (χ1) is 22.4. The molecule has 1 fully saturated rings. The van der Waals surface area contributed by atoms with E-state index in [0.29, 0.717) is 47.1 Å². The van der Waals surface area contributed by atoms with E-state index in [9.17, 15) is 19.2 Å². The van der Waals surface area contributed by atoms with Crippen molar-refractivity contribution < 1.29 is 28.7 Å². The van der Waals surface area contributed by atoms with Crippen molar-refractivity contribution in [2.45, 2.75) is 122 Å². The van der Waals surface area contributed by atoms with E-state index >= 15 is 0 Å². The fourth-order valence-corrected chi connectivity index (χ4v) is 6.95. The summed E-state index contributed by atoms with van der Waals surface area (Å²) in [5, 5.41) is 0.710. The predicted molar refractivity (Wildman–Crippen MR) is 181 cm³/mol. The number of allylic oxidation sites excluding steroid dienone is 2. The lowest BCUT2D eigenvalue weighted by atomic mass is 9.72. The zero-order valence-electron chi connectivity index (χ0n) is 27.3. The Hall–Kier alpha value is -3.25. The van der Waals surface area contributed by atoms with Crippen molar-refractivity contribution in [3.8, 4) is 0 Å². The molecule has 248 valence electrons. The van der Waals surface area contributed by atoms with E-state index in [1.54, 1.807) is 24.3 Å². The lowest BCUT2D eigenvalue weighted by Gasteiger charge is -2.32. The smallest absolute Gasteiger partial charge is 0.311 e. The van der Waals surface area contributed by atoms with Crippen LogP contribution in [0, 0.1) is 5.92 Å². The molecule has 0 spiro atoms. The summed E-state index contributed by atoms with van der Waals surface area (Å²) >= 11 is 6.08. The molecule has 6 nitrogen and oxygen atoms in total. The highest BCUT2D eigenvalue weighted by Crippen LogP contribution is 2.42. The predicted octanol–water partition coefficient (Wildman–Crippen LogP) is 10.1. The Morgan fingerprint density at radius 2 is 1.13 bits per heavy atom. The number of benzene rings is 2. The van der Waals surface area contributed by atoms with Gasteiger partial charge in [-0.3, -0.25) is 19.2 Å². The van der Waals surface area contributed by atoms with Gasteiger partial charge < -0.3 is 9.47 Å². The van der Waals surface area contributed by atoms with Gasteiger partial charge in [0.25, 0.3) is 0 Å². The largest absolute Gasteiger partial charge is 0.466 e. The normalized spacial score (nSPS) is 18.0. The number of rotatable bonds is 18. The van der Waals surface area contributed by atoms with Crippen molar-refractivity contribution in [2.75, 3.05) is 6.61 Å². The van der Waals surface area contributed by atoms with E-state index in [1.165, 1.54) is 31.2 Å². The number of halogens is 1. The number of ketones is 2. The number of esters is 2. The van der Waals surface area contributed by atoms with Crippen molar-refractivity contribution in [2.24, 2.45) is 5.92 Å². The topological polar surface area (TPSA) is 86.7 Å². The highest BCUT2D eigenvalue weighted by Gasteiger charge is 2.39. The molecular formula is C39H49ClO6. The average Bonchev–Trinajstić information content (AvgIpc) is 3.06. The summed E-state index contributed by atoms with van der Waals surface area (Å²) in [5.74, 6) is -0.890. The van der Waals surface area contributed by atoms with Crippen LogP contribution in [-0.4, -0.2) is 30.1 Å². The van der Waals surface area contributed by atoms with E-state index < -0.39 is 5.97 Å². The third-order valence-corrected chi connectivity index (χ3v) is 9.62. The van der Waals surface area contributed by atoms with Crippen molar-refractivity contribution >= 4 is 35.1 Å². The summed E-state index contributed by atoms with van der Waals surface area (Å²) in [7, 11) is 0. The molecule has 0 radical (unpaired) electrons. The number of unbranched alkanes of at least 4 members (excludes halogenated alkanes) is 10. The van der Waals surface area contributed by atoms with E-state index in [1.807, 2.05) is 19.1 Å². The van der Waals surface area contributed by atoms with Gasteiger partial charge in [-0.05, 0) is 75.0 Å². The number of ether oxygens (including phenoxy) is 2. The molecule has 46 heavy (non-hydrogen) atoms. The summed E-state index contributed by atoms with van der Waals surface area (Å²) in [6.07, 6.45) is 15.8. The molecule has 0 amide bonds. The standard InChI is InChI=1S/C39H49ClO6/c1-2-45-34(41)18-12-10-8-6-4-3-5-7-9-11-13-19-35(42)46-39-36(37(43)32-16-14-15-17-33(32)38(39)44)30-22-20-28(21-23-30)29-24-26-31(40)27-25-29/h14-17,24-28,30H,2-13,18-23H2,1H3/t28-,30-. The molecule has 1 saturated carbocycles. The van der Waals surface area contributed by atoms with E-state index in [2.05, 4.69) is 12.1 Å². The van der Waals surface area contributed by atoms with Gasteiger partial charge in [-0.2, -0.15) is 0 Å². The zero-order chi connectivity index (χ0) is 32.7. The van der Waals surface area contributed by atoms with Gasteiger partial charge in [-0.15, -0.1) is 0 Å². The maximum Gasteiger partial charge on any atom is 0.311 e. The highest BCUT2D eigenvalue weighted by atomic mass is 35.5.